The average Bonchev–Trinajstić information content (AvgIpc) is 3.22. The number of piperidine rings is 1. The molecule has 2 aromatic heterocycles. The van der Waals surface area contributed by atoms with Gasteiger partial charge in [0.1, 0.15) is 23.4 Å². The van der Waals surface area contributed by atoms with Gasteiger partial charge >= 0.3 is 0 Å². The minimum atomic E-state index is -3.34. The number of ether oxygens (including phenoxy) is 1. The van der Waals surface area contributed by atoms with Gasteiger partial charge in [-0.15, -0.1) is 0 Å². The molecule has 0 amide bonds. The second-order valence-electron chi connectivity index (χ2n) is 9.32. The zero-order chi connectivity index (χ0) is 26.7. The van der Waals surface area contributed by atoms with Gasteiger partial charge in [-0.05, 0) is 56.2 Å². The van der Waals surface area contributed by atoms with E-state index in [2.05, 4.69) is 29.1 Å². The summed E-state index contributed by atoms with van der Waals surface area (Å²) in [5, 5.41) is 11.2. The third kappa shape index (κ3) is 5.89. The van der Waals surface area contributed by atoms with Crippen molar-refractivity contribution in [2.45, 2.75) is 30.5 Å². The van der Waals surface area contributed by atoms with Crippen molar-refractivity contribution in [1.82, 2.24) is 14.5 Å². The van der Waals surface area contributed by atoms with Crippen LogP contribution >= 0.6 is 0 Å². The maximum Gasteiger partial charge on any atom is 0.175 e. The maximum absolute atomic E-state index is 14.7. The third-order valence-corrected chi connectivity index (χ3v) is 7.45. The predicted molar refractivity (Wildman–Crippen MR) is 146 cm³/mol. The van der Waals surface area contributed by atoms with Crippen molar-refractivity contribution in [3.63, 3.8) is 0 Å². The lowest BCUT2D eigenvalue weighted by Crippen LogP contribution is -2.46. The first kappa shape index (κ1) is 26.5. The smallest absolute Gasteiger partial charge is 0.175 e. The Morgan fingerprint density at radius 1 is 1.32 bits per heavy atom. The number of pyridine rings is 1. The Kier molecular flexibility index (Phi) is 7.76. The molecule has 0 unspecified atom stereocenters. The first-order valence-corrected chi connectivity index (χ1v) is 13.8. The molecule has 37 heavy (non-hydrogen) atoms. The molecule has 2 atom stereocenters. The number of methoxy groups -OCH3 is 1. The minimum Gasteiger partial charge on any atom is -0.495 e. The summed E-state index contributed by atoms with van der Waals surface area (Å²) in [5.41, 5.74) is 3.71. The zero-order valence-corrected chi connectivity index (χ0v) is 22.3. The average molecular weight is 526 g/mol. The standard InChI is InChI=1S/C27H32FN5O3S/c1-18(2)27-23(8-7-14-29-22-12-11-19(37(5,34)35)16-25(22)36-4)31-33-24(27)9-6-10-26(33)30-21-13-15-32(3)17-20(21)28/h6,9-12,16,20-21,29-30H,1,13-15,17H2,2-5H3/t20-,21+/m0/s1. The first-order valence-electron chi connectivity index (χ1n) is 12.0. The molecule has 2 N–H and O–H groups in total. The lowest BCUT2D eigenvalue weighted by Gasteiger charge is -2.33. The Morgan fingerprint density at radius 2 is 2.11 bits per heavy atom. The van der Waals surface area contributed by atoms with Crippen LogP contribution in [0.2, 0.25) is 0 Å². The summed E-state index contributed by atoms with van der Waals surface area (Å²) in [4.78, 5) is 2.17. The Labute approximate surface area is 217 Å². The molecule has 1 aliphatic rings. The van der Waals surface area contributed by atoms with E-state index in [9.17, 15) is 12.8 Å². The molecule has 0 saturated carbocycles. The van der Waals surface area contributed by atoms with E-state index in [-0.39, 0.29) is 17.5 Å². The number of anilines is 2. The lowest BCUT2D eigenvalue weighted by molar-refractivity contribution is 0.149. The third-order valence-electron chi connectivity index (χ3n) is 6.34. The van der Waals surface area contributed by atoms with Crippen LogP contribution in [-0.4, -0.2) is 75.2 Å². The molecule has 10 heteroatoms. The van der Waals surface area contributed by atoms with E-state index in [1.165, 1.54) is 19.2 Å². The Bertz CT molecular complexity index is 1490. The van der Waals surface area contributed by atoms with Gasteiger partial charge in [-0.1, -0.05) is 18.6 Å². The van der Waals surface area contributed by atoms with Crippen LogP contribution < -0.4 is 15.4 Å². The topological polar surface area (TPSA) is 88.0 Å². The Hall–Kier alpha value is -3.55. The van der Waals surface area contributed by atoms with E-state index in [4.69, 9.17) is 9.84 Å². The number of hydrogen-bond donors (Lipinski definition) is 2. The highest BCUT2D eigenvalue weighted by atomic mass is 32.2. The molecule has 8 nitrogen and oxygen atoms in total. The molecule has 0 aliphatic carbocycles. The quantitative estimate of drug-likeness (QED) is 0.455. The number of nitrogens with one attached hydrogen (secondary N) is 2. The SMILES string of the molecule is C=C(C)c1c(C#CCNc2ccc(S(C)(=O)=O)cc2OC)nn2c(N[C@@H]3CCN(C)C[C@@H]3F)cccc12. The van der Waals surface area contributed by atoms with Crippen LogP contribution in [0.25, 0.3) is 11.1 Å². The highest BCUT2D eigenvalue weighted by Gasteiger charge is 2.28. The van der Waals surface area contributed by atoms with Gasteiger partial charge in [-0.3, -0.25) is 0 Å². The monoisotopic (exact) mass is 525 g/mol. The summed E-state index contributed by atoms with van der Waals surface area (Å²) in [6, 6.07) is 10.1. The molecule has 196 valence electrons. The van der Waals surface area contributed by atoms with Crippen molar-refractivity contribution < 1.29 is 17.5 Å². The first-order chi connectivity index (χ1) is 17.6. The summed E-state index contributed by atoms with van der Waals surface area (Å²) in [5.74, 6) is 7.32. The number of hydrogen-bond acceptors (Lipinski definition) is 7. The second-order valence-corrected chi connectivity index (χ2v) is 11.3. The molecule has 0 spiro atoms. The van der Waals surface area contributed by atoms with E-state index in [0.717, 1.165) is 29.5 Å². The van der Waals surface area contributed by atoms with E-state index < -0.39 is 16.0 Å². The van der Waals surface area contributed by atoms with Gasteiger partial charge < -0.3 is 20.3 Å². The lowest BCUT2D eigenvalue weighted by atomic mass is 10.0. The van der Waals surface area contributed by atoms with Gasteiger partial charge in [0.15, 0.2) is 9.84 Å². The summed E-state index contributed by atoms with van der Waals surface area (Å²) in [6.07, 6.45) is 0.883. The largest absolute Gasteiger partial charge is 0.495 e. The van der Waals surface area contributed by atoms with Gasteiger partial charge in [0.25, 0.3) is 0 Å². The van der Waals surface area contributed by atoms with Gasteiger partial charge in [0.2, 0.25) is 0 Å². The molecule has 1 fully saturated rings. The number of rotatable bonds is 7. The van der Waals surface area contributed by atoms with Crippen LogP contribution in [-0.2, 0) is 9.84 Å². The summed E-state index contributed by atoms with van der Waals surface area (Å²) in [6.45, 7) is 7.53. The van der Waals surface area contributed by atoms with Crippen LogP contribution in [0.3, 0.4) is 0 Å². The van der Waals surface area contributed by atoms with Gasteiger partial charge in [0.05, 0.1) is 35.8 Å². The van der Waals surface area contributed by atoms with Crippen molar-refractivity contribution in [1.29, 1.82) is 0 Å². The van der Waals surface area contributed by atoms with Crippen LogP contribution in [0, 0.1) is 11.8 Å². The number of halogens is 1. The fraction of sp³-hybridized carbons (Fsp3) is 0.370. The number of allylic oxidation sites excluding steroid dienone is 1. The minimum absolute atomic E-state index is 0.181. The molecule has 0 radical (unpaired) electrons. The van der Waals surface area contributed by atoms with E-state index in [0.29, 0.717) is 35.9 Å². The molecule has 3 aromatic rings. The van der Waals surface area contributed by atoms with E-state index in [1.807, 2.05) is 37.1 Å². The van der Waals surface area contributed by atoms with Gasteiger partial charge in [-0.2, -0.15) is 5.10 Å². The van der Waals surface area contributed by atoms with Crippen molar-refractivity contribution >= 4 is 32.4 Å². The normalized spacial score (nSPS) is 18.2. The maximum atomic E-state index is 14.7. The fourth-order valence-corrected chi connectivity index (χ4v) is 5.05. The molecule has 3 heterocycles. The van der Waals surface area contributed by atoms with Crippen LogP contribution in [0.5, 0.6) is 5.75 Å². The van der Waals surface area contributed by atoms with Crippen LogP contribution in [0.1, 0.15) is 24.6 Å². The molecule has 1 aromatic carbocycles. The molecule has 1 saturated heterocycles. The number of likely N-dealkylation sites (tertiary alicyclic amines) is 1. The van der Waals surface area contributed by atoms with E-state index in [1.54, 1.807) is 10.6 Å². The number of sulfone groups is 1. The van der Waals surface area contributed by atoms with Crippen molar-refractivity contribution in [3.05, 3.63) is 54.2 Å². The molecular formula is C27H32FN5O3S. The Balaban J connectivity index is 1.57. The summed E-state index contributed by atoms with van der Waals surface area (Å²) < 4.78 is 45.4. The number of fused-ring (bicyclic) bond motifs is 1. The second kappa shape index (κ2) is 10.8. The summed E-state index contributed by atoms with van der Waals surface area (Å²) in [7, 11) is 0.0693. The number of aromatic nitrogens is 2. The van der Waals surface area contributed by atoms with Crippen LogP contribution in [0.4, 0.5) is 15.9 Å². The molecule has 4 rings (SSSR count). The number of nitrogens with zero attached hydrogens (tertiary/aromatic N) is 3. The van der Waals surface area contributed by atoms with Gasteiger partial charge in [0, 0.05) is 31.0 Å². The Morgan fingerprint density at radius 3 is 2.78 bits per heavy atom. The van der Waals surface area contributed by atoms with Crippen molar-refractivity contribution in [3.8, 4) is 17.6 Å². The van der Waals surface area contributed by atoms with Crippen LogP contribution in [0.15, 0.2) is 47.9 Å². The van der Waals surface area contributed by atoms with Crippen molar-refractivity contribution in [2.75, 3.05) is 50.7 Å². The zero-order valence-electron chi connectivity index (χ0n) is 21.5. The van der Waals surface area contributed by atoms with Crippen molar-refractivity contribution in [2.24, 2.45) is 0 Å². The van der Waals surface area contributed by atoms with E-state index >= 15 is 0 Å². The summed E-state index contributed by atoms with van der Waals surface area (Å²) >= 11 is 0. The number of alkyl halides is 1. The number of benzene rings is 1. The molecular weight excluding hydrogens is 493 g/mol. The highest BCUT2D eigenvalue weighted by molar-refractivity contribution is 7.90. The highest BCUT2D eigenvalue weighted by Crippen LogP contribution is 2.28. The fourth-order valence-electron chi connectivity index (χ4n) is 4.41. The molecule has 1 aliphatic heterocycles. The van der Waals surface area contributed by atoms with Gasteiger partial charge in [-0.25, -0.2) is 17.3 Å². The molecule has 0 bridgehead atoms. The predicted octanol–water partition coefficient (Wildman–Crippen LogP) is 3.70.